The molecular weight excluding hydrogens is 639 g/mol. The Kier molecular flexibility index (Phi) is 6.64. The molecule has 2 aromatic heterocycles. The molecule has 2 saturated heterocycles. The second kappa shape index (κ2) is 10.4. The van der Waals surface area contributed by atoms with Gasteiger partial charge in [0, 0.05) is 65.2 Å². The van der Waals surface area contributed by atoms with Gasteiger partial charge in [-0.2, -0.15) is 4.57 Å². The number of halogens is 2. The standard InChI is InChI=1S/C40H41N4O2.2ClH/c1-4-23-20-42-15-12-25-35-30(9-7-11-33(35)45-3)41-37(25)32(42)18-26(23)28-21-43-31-10-6-5-8-29(31)40-14-16-44(2)22-24-13-17-46-38(28)36(39(40)43)27(24)19-34(40)44;;/h5-11,13,18,20-21,27,34,36,38-39H,4,12,14-17,19,22H2,1-3H3;2*1H/q+1;;/p-1/t27-,34-,36-,38-,39-,40+,44?;;/m0../s1. The molecule has 2 aromatic carbocycles. The number of benzene rings is 2. The number of rotatable bonds is 3. The molecule has 8 heteroatoms. The first-order chi connectivity index (χ1) is 22.5. The molecule has 4 aromatic rings. The number of piperidine rings is 1. The number of para-hydroxylation sites is 1. The molecule has 6 nitrogen and oxygen atoms in total. The molecule has 1 spiro atoms. The van der Waals surface area contributed by atoms with Crippen molar-refractivity contribution in [3.8, 4) is 17.1 Å². The van der Waals surface area contributed by atoms with Gasteiger partial charge in [0.05, 0.1) is 50.4 Å². The van der Waals surface area contributed by atoms with Crippen LogP contribution in [-0.4, -0.2) is 61.5 Å². The van der Waals surface area contributed by atoms with Crippen molar-refractivity contribution in [1.29, 1.82) is 0 Å². The molecular formula is C40H42Cl2N4O2. The van der Waals surface area contributed by atoms with Crippen molar-refractivity contribution in [2.24, 2.45) is 11.8 Å². The Balaban J connectivity index is 0.00000157. The smallest absolute Gasteiger partial charge is 0.229 e. The number of aryl methyl sites for hydroxylation is 3. The molecule has 1 aliphatic carbocycles. The van der Waals surface area contributed by atoms with Crippen molar-refractivity contribution in [1.82, 2.24) is 4.98 Å². The van der Waals surface area contributed by atoms with Crippen LogP contribution in [0.4, 0.5) is 5.69 Å². The number of nitrogens with zero attached hydrogens (tertiary/aromatic N) is 3. The van der Waals surface area contributed by atoms with Gasteiger partial charge in [-0.25, -0.2) is 0 Å². The van der Waals surface area contributed by atoms with E-state index in [0.29, 0.717) is 23.9 Å². The molecule has 11 rings (SSSR count). The van der Waals surface area contributed by atoms with E-state index >= 15 is 0 Å². The predicted octanol–water partition coefficient (Wildman–Crippen LogP) is -0.0676. The lowest BCUT2D eigenvalue weighted by Gasteiger charge is -2.59. The number of nitrogens with one attached hydrogen (secondary N) is 1. The minimum atomic E-state index is 0. The van der Waals surface area contributed by atoms with Crippen LogP contribution in [0.15, 0.2) is 72.6 Å². The van der Waals surface area contributed by atoms with Gasteiger partial charge < -0.3 is 48.7 Å². The van der Waals surface area contributed by atoms with E-state index in [1.807, 2.05) is 0 Å². The number of likely N-dealkylation sites (N-methyl/N-ethyl adjacent to an activating group) is 1. The zero-order valence-electron chi connectivity index (χ0n) is 27.8. The monoisotopic (exact) mass is 680 g/mol. The molecule has 1 N–H and O–H groups in total. The van der Waals surface area contributed by atoms with Crippen LogP contribution in [0.2, 0.25) is 0 Å². The van der Waals surface area contributed by atoms with E-state index in [1.54, 1.807) is 18.2 Å². The molecule has 48 heavy (non-hydrogen) atoms. The van der Waals surface area contributed by atoms with Crippen LogP contribution in [-0.2, 0) is 29.5 Å². The van der Waals surface area contributed by atoms with Crippen LogP contribution in [0.25, 0.3) is 27.9 Å². The van der Waals surface area contributed by atoms with E-state index in [9.17, 15) is 0 Å². The fourth-order valence-electron chi connectivity index (χ4n) is 12.0. The molecule has 8 heterocycles. The molecule has 3 fully saturated rings. The maximum absolute atomic E-state index is 7.10. The van der Waals surface area contributed by atoms with E-state index in [1.165, 1.54) is 75.1 Å². The van der Waals surface area contributed by atoms with Crippen LogP contribution < -0.4 is 39.0 Å². The van der Waals surface area contributed by atoms with Gasteiger partial charge in [0.1, 0.15) is 24.0 Å². The molecule has 7 aliphatic rings. The summed E-state index contributed by atoms with van der Waals surface area (Å²) in [6, 6.07) is 19.4. The molecule has 1 saturated carbocycles. The van der Waals surface area contributed by atoms with E-state index in [0.717, 1.165) is 37.3 Å². The Bertz CT molecular complexity index is 2090. The normalized spacial score (nSPS) is 32.6. The zero-order valence-corrected chi connectivity index (χ0v) is 29.3. The van der Waals surface area contributed by atoms with Crippen LogP contribution in [0, 0.1) is 11.8 Å². The number of quaternary nitrogens is 1. The quantitative estimate of drug-likeness (QED) is 0.187. The van der Waals surface area contributed by atoms with Crippen LogP contribution >= 0.6 is 0 Å². The average Bonchev–Trinajstić information content (AvgIpc) is 3.68. The zero-order chi connectivity index (χ0) is 30.5. The third-order valence-electron chi connectivity index (χ3n) is 13.7. The summed E-state index contributed by atoms with van der Waals surface area (Å²) in [5, 5.41) is 1.23. The van der Waals surface area contributed by atoms with Crippen molar-refractivity contribution in [2.75, 3.05) is 38.8 Å². The van der Waals surface area contributed by atoms with Crippen molar-refractivity contribution in [3.63, 3.8) is 0 Å². The highest BCUT2D eigenvalue weighted by atomic mass is 35.5. The number of aromatic amines is 1. The van der Waals surface area contributed by atoms with Gasteiger partial charge in [0.15, 0.2) is 12.7 Å². The summed E-state index contributed by atoms with van der Waals surface area (Å²) in [6.07, 6.45) is 12.1. The first kappa shape index (κ1) is 30.7. The summed E-state index contributed by atoms with van der Waals surface area (Å²) in [5.74, 6) is 1.99. The molecule has 0 radical (unpaired) electrons. The summed E-state index contributed by atoms with van der Waals surface area (Å²) >= 11 is 0. The lowest BCUT2D eigenvalue weighted by Crippen LogP contribution is -3.00. The second-order valence-corrected chi connectivity index (χ2v) is 15.3. The molecule has 6 aliphatic heterocycles. The average molecular weight is 682 g/mol. The Morgan fingerprint density at radius 3 is 2.88 bits per heavy atom. The molecule has 7 atom stereocenters. The number of pyridine rings is 1. The highest BCUT2D eigenvalue weighted by Gasteiger charge is 2.74. The Morgan fingerprint density at radius 2 is 2.02 bits per heavy atom. The second-order valence-electron chi connectivity index (χ2n) is 15.3. The maximum atomic E-state index is 7.10. The summed E-state index contributed by atoms with van der Waals surface area (Å²) in [5.41, 5.74) is 14.1. The highest BCUT2D eigenvalue weighted by molar-refractivity contribution is 5.95. The number of H-pyrrole nitrogens is 1. The van der Waals surface area contributed by atoms with Gasteiger partial charge in [0.25, 0.3) is 0 Å². The van der Waals surface area contributed by atoms with E-state index in [4.69, 9.17) is 9.47 Å². The van der Waals surface area contributed by atoms with E-state index in [-0.39, 0.29) is 36.3 Å². The fourth-order valence-corrected chi connectivity index (χ4v) is 12.0. The van der Waals surface area contributed by atoms with Crippen molar-refractivity contribution in [2.45, 2.75) is 62.8 Å². The van der Waals surface area contributed by atoms with Gasteiger partial charge in [-0.3, -0.25) is 0 Å². The minimum absolute atomic E-state index is 0. The largest absolute Gasteiger partial charge is 1.00 e. The Hall–Kier alpha value is -3.29. The topological polar surface area (TPSA) is 41.4 Å². The van der Waals surface area contributed by atoms with Gasteiger partial charge in [-0.15, -0.1) is 0 Å². The summed E-state index contributed by atoms with van der Waals surface area (Å²) in [7, 11) is 4.34. The summed E-state index contributed by atoms with van der Waals surface area (Å²) in [6.45, 7) is 6.48. The number of fused-ring (bicyclic) bond motifs is 7. The van der Waals surface area contributed by atoms with Gasteiger partial charge in [-0.1, -0.05) is 37.3 Å². The Labute approximate surface area is 294 Å². The number of hydrogen-bond donors (Lipinski definition) is 1. The number of methoxy groups -OCH3 is 1. The number of anilines is 1. The highest BCUT2D eigenvalue weighted by Crippen LogP contribution is 2.67. The minimum Gasteiger partial charge on any atom is -1.00 e. The number of hydrogen-bond acceptors (Lipinski definition) is 3. The number of ether oxygens (including phenoxy) is 2. The van der Waals surface area contributed by atoms with E-state index in [2.05, 4.69) is 95.4 Å². The van der Waals surface area contributed by atoms with Crippen molar-refractivity contribution < 1.29 is 43.3 Å². The molecule has 0 amide bonds. The van der Waals surface area contributed by atoms with E-state index < -0.39 is 0 Å². The number of aromatic nitrogens is 2. The maximum Gasteiger partial charge on any atom is 0.229 e. The van der Waals surface area contributed by atoms with Crippen LogP contribution in [0.5, 0.6) is 5.75 Å². The Morgan fingerprint density at radius 1 is 1.15 bits per heavy atom. The summed E-state index contributed by atoms with van der Waals surface area (Å²) < 4.78 is 16.6. The van der Waals surface area contributed by atoms with Gasteiger partial charge in [0.2, 0.25) is 5.69 Å². The molecule has 2 bridgehead atoms. The third-order valence-corrected chi connectivity index (χ3v) is 13.7. The third kappa shape index (κ3) is 3.55. The summed E-state index contributed by atoms with van der Waals surface area (Å²) in [4.78, 5) is 6.57. The fraction of sp³-hybridized carbons (Fsp3) is 0.425. The first-order valence-corrected chi connectivity index (χ1v) is 17.5. The van der Waals surface area contributed by atoms with Crippen LogP contribution in [0.3, 0.4) is 0 Å². The SMILES string of the molecule is CCc1c[n+]2c(cc1C1=CN3c4ccccc4[C@@]45CC[N+]6(C)CC7=CCO[C@@H]1[C@@H]([C@H]34)[C@H]7C[C@@H]56)-c1[nH]c3cccc(OC)c3c1CC2.[Cl-].[Cl-]. The lowest BCUT2D eigenvalue weighted by molar-refractivity contribution is -0.925. The van der Waals surface area contributed by atoms with Crippen molar-refractivity contribution >= 4 is 22.2 Å². The molecule has 248 valence electrons. The predicted molar refractivity (Wildman–Crippen MR) is 180 cm³/mol. The van der Waals surface area contributed by atoms with Crippen molar-refractivity contribution in [3.05, 3.63) is 94.8 Å². The van der Waals surface area contributed by atoms with Crippen LogP contribution in [0.1, 0.15) is 42.0 Å². The molecule has 1 unspecified atom stereocenters. The lowest BCUT2D eigenvalue weighted by atomic mass is 9.53. The van der Waals surface area contributed by atoms with Gasteiger partial charge in [-0.05, 0) is 47.2 Å². The first-order valence-electron chi connectivity index (χ1n) is 17.5. The van der Waals surface area contributed by atoms with Gasteiger partial charge >= 0.3 is 0 Å².